The molecule has 1 saturated carbocycles. The van der Waals surface area contributed by atoms with Gasteiger partial charge in [0.05, 0.1) is 12.2 Å². The zero-order valence-corrected chi connectivity index (χ0v) is 10.7. The SMILES string of the molecule is N#Cc1cc(Br)ccc1OCC1CCCC1. The highest BCUT2D eigenvalue weighted by Crippen LogP contribution is 2.27. The average Bonchev–Trinajstić information content (AvgIpc) is 2.80. The summed E-state index contributed by atoms with van der Waals surface area (Å²) in [7, 11) is 0. The van der Waals surface area contributed by atoms with Crippen molar-refractivity contribution in [2.24, 2.45) is 5.92 Å². The number of ether oxygens (including phenoxy) is 1. The zero-order valence-electron chi connectivity index (χ0n) is 9.08. The molecule has 0 N–H and O–H groups in total. The molecule has 2 nitrogen and oxygen atoms in total. The van der Waals surface area contributed by atoms with Crippen molar-refractivity contribution in [2.75, 3.05) is 6.61 Å². The van der Waals surface area contributed by atoms with Crippen molar-refractivity contribution in [3.8, 4) is 11.8 Å². The van der Waals surface area contributed by atoms with Crippen LogP contribution in [-0.4, -0.2) is 6.61 Å². The van der Waals surface area contributed by atoms with Crippen LogP contribution in [0.25, 0.3) is 0 Å². The summed E-state index contributed by atoms with van der Waals surface area (Å²) < 4.78 is 6.64. The number of hydrogen-bond acceptors (Lipinski definition) is 2. The largest absolute Gasteiger partial charge is 0.492 e. The van der Waals surface area contributed by atoms with Gasteiger partial charge in [0.1, 0.15) is 11.8 Å². The van der Waals surface area contributed by atoms with Gasteiger partial charge in [-0.1, -0.05) is 28.8 Å². The molecular weight excluding hydrogens is 266 g/mol. The van der Waals surface area contributed by atoms with E-state index in [0.29, 0.717) is 17.2 Å². The van der Waals surface area contributed by atoms with Crippen LogP contribution in [0.15, 0.2) is 22.7 Å². The predicted molar refractivity (Wildman–Crippen MR) is 66.3 cm³/mol. The number of rotatable bonds is 3. The normalized spacial score (nSPS) is 16.0. The average molecular weight is 280 g/mol. The summed E-state index contributed by atoms with van der Waals surface area (Å²) in [4.78, 5) is 0. The van der Waals surface area contributed by atoms with Crippen molar-refractivity contribution in [3.63, 3.8) is 0 Å². The first-order valence-electron chi connectivity index (χ1n) is 5.62. The number of nitrogens with zero attached hydrogens (tertiary/aromatic N) is 1. The molecule has 1 aliphatic rings. The van der Waals surface area contributed by atoms with E-state index in [1.807, 2.05) is 12.1 Å². The molecule has 84 valence electrons. The number of nitriles is 1. The van der Waals surface area contributed by atoms with Gasteiger partial charge in [-0.15, -0.1) is 0 Å². The van der Waals surface area contributed by atoms with Crippen LogP contribution in [0.2, 0.25) is 0 Å². The molecule has 0 aliphatic heterocycles. The van der Waals surface area contributed by atoms with E-state index >= 15 is 0 Å². The van der Waals surface area contributed by atoms with Crippen LogP contribution in [-0.2, 0) is 0 Å². The van der Waals surface area contributed by atoms with E-state index in [2.05, 4.69) is 22.0 Å². The Morgan fingerprint density at radius 2 is 2.12 bits per heavy atom. The monoisotopic (exact) mass is 279 g/mol. The quantitative estimate of drug-likeness (QED) is 0.841. The van der Waals surface area contributed by atoms with Gasteiger partial charge in [0.15, 0.2) is 0 Å². The molecular formula is C13H14BrNO. The predicted octanol–water partition coefficient (Wildman–Crippen LogP) is 3.89. The third-order valence-electron chi connectivity index (χ3n) is 3.01. The second-order valence-electron chi connectivity index (χ2n) is 4.21. The summed E-state index contributed by atoms with van der Waals surface area (Å²) in [6.07, 6.45) is 5.16. The minimum Gasteiger partial charge on any atom is -0.492 e. The van der Waals surface area contributed by atoms with Crippen molar-refractivity contribution in [3.05, 3.63) is 28.2 Å². The Bertz CT molecular complexity index is 405. The lowest BCUT2D eigenvalue weighted by Crippen LogP contribution is -2.08. The fraction of sp³-hybridized carbons (Fsp3) is 0.462. The second-order valence-corrected chi connectivity index (χ2v) is 5.13. The standard InChI is InChI=1S/C13H14BrNO/c14-12-5-6-13(11(7-12)8-15)16-9-10-3-1-2-4-10/h5-7,10H,1-4,9H2. The fourth-order valence-electron chi connectivity index (χ4n) is 2.10. The van der Waals surface area contributed by atoms with Crippen molar-refractivity contribution < 1.29 is 4.74 Å². The summed E-state index contributed by atoms with van der Waals surface area (Å²) in [5.74, 6) is 1.38. The second kappa shape index (κ2) is 5.36. The number of hydrogen-bond donors (Lipinski definition) is 0. The Balaban J connectivity index is 2.00. The molecule has 1 aromatic carbocycles. The lowest BCUT2D eigenvalue weighted by atomic mass is 10.1. The van der Waals surface area contributed by atoms with Gasteiger partial charge in [-0.25, -0.2) is 0 Å². The maximum Gasteiger partial charge on any atom is 0.137 e. The summed E-state index contributed by atoms with van der Waals surface area (Å²) in [6, 6.07) is 7.72. The molecule has 0 heterocycles. The topological polar surface area (TPSA) is 33.0 Å². The molecule has 0 bridgehead atoms. The molecule has 0 radical (unpaired) electrons. The van der Waals surface area contributed by atoms with E-state index in [1.54, 1.807) is 6.07 Å². The van der Waals surface area contributed by atoms with Gasteiger partial charge in [0.2, 0.25) is 0 Å². The van der Waals surface area contributed by atoms with Crippen LogP contribution in [0, 0.1) is 17.2 Å². The van der Waals surface area contributed by atoms with E-state index < -0.39 is 0 Å². The molecule has 3 heteroatoms. The molecule has 0 aromatic heterocycles. The highest BCUT2D eigenvalue weighted by molar-refractivity contribution is 9.10. The molecule has 0 unspecified atom stereocenters. The Morgan fingerprint density at radius 1 is 1.38 bits per heavy atom. The molecule has 0 spiro atoms. The van der Waals surface area contributed by atoms with Gasteiger partial charge >= 0.3 is 0 Å². The van der Waals surface area contributed by atoms with E-state index in [-0.39, 0.29) is 0 Å². The maximum absolute atomic E-state index is 8.98. The summed E-state index contributed by atoms with van der Waals surface area (Å²) in [5, 5.41) is 8.98. The maximum atomic E-state index is 8.98. The molecule has 0 saturated heterocycles. The van der Waals surface area contributed by atoms with Crippen LogP contribution < -0.4 is 4.74 Å². The molecule has 16 heavy (non-hydrogen) atoms. The van der Waals surface area contributed by atoms with Crippen LogP contribution in [0.1, 0.15) is 31.2 Å². The smallest absolute Gasteiger partial charge is 0.137 e. The van der Waals surface area contributed by atoms with Gasteiger partial charge in [-0.2, -0.15) is 5.26 Å². The number of benzene rings is 1. The van der Waals surface area contributed by atoms with Gasteiger partial charge in [0.25, 0.3) is 0 Å². The summed E-state index contributed by atoms with van der Waals surface area (Å²) in [5.41, 5.74) is 0.604. The van der Waals surface area contributed by atoms with Gasteiger partial charge < -0.3 is 4.74 Å². The van der Waals surface area contributed by atoms with E-state index in [0.717, 1.165) is 11.1 Å². The Hall–Kier alpha value is -1.01. The Morgan fingerprint density at radius 3 is 2.81 bits per heavy atom. The lowest BCUT2D eigenvalue weighted by Gasteiger charge is -2.12. The van der Waals surface area contributed by atoms with Crippen LogP contribution in [0.3, 0.4) is 0 Å². The van der Waals surface area contributed by atoms with E-state index in [4.69, 9.17) is 10.00 Å². The Kier molecular flexibility index (Phi) is 3.84. The molecule has 0 atom stereocenters. The minimum atomic E-state index is 0.604. The Labute approximate surface area is 104 Å². The fourth-order valence-corrected chi connectivity index (χ4v) is 2.46. The minimum absolute atomic E-state index is 0.604. The van der Waals surface area contributed by atoms with Gasteiger partial charge in [-0.05, 0) is 37.0 Å². The van der Waals surface area contributed by atoms with Crippen LogP contribution in [0.5, 0.6) is 5.75 Å². The van der Waals surface area contributed by atoms with Crippen molar-refractivity contribution in [1.29, 1.82) is 5.26 Å². The molecule has 1 aromatic rings. The molecule has 1 aliphatic carbocycles. The highest BCUT2D eigenvalue weighted by Gasteiger charge is 2.16. The highest BCUT2D eigenvalue weighted by atomic mass is 79.9. The molecule has 2 rings (SSSR count). The van der Waals surface area contributed by atoms with Gasteiger partial charge in [0, 0.05) is 4.47 Å². The first-order chi connectivity index (χ1) is 7.79. The summed E-state index contributed by atoms with van der Waals surface area (Å²) in [6.45, 7) is 0.746. The summed E-state index contributed by atoms with van der Waals surface area (Å²) >= 11 is 3.35. The zero-order chi connectivity index (χ0) is 11.4. The molecule has 1 fully saturated rings. The first-order valence-corrected chi connectivity index (χ1v) is 6.41. The van der Waals surface area contributed by atoms with Crippen molar-refractivity contribution >= 4 is 15.9 Å². The van der Waals surface area contributed by atoms with Crippen LogP contribution in [0.4, 0.5) is 0 Å². The van der Waals surface area contributed by atoms with Crippen molar-refractivity contribution in [2.45, 2.75) is 25.7 Å². The van der Waals surface area contributed by atoms with Gasteiger partial charge in [-0.3, -0.25) is 0 Å². The number of halogens is 1. The third-order valence-corrected chi connectivity index (χ3v) is 3.50. The lowest BCUT2D eigenvalue weighted by molar-refractivity contribution is 0.251. The van der Waals surface area contributed by atoms with Crippen LogP contribution >= 0.6 is 15.9 Å². The molecule has 0 amide bonds. The third kappa shape index (κ3) is 2.76. The van der Waals surface area contributed by atoms with E-state index in [9.17, 15) is 0 Å². The first kappa shape index (κ1) is 11.5. The van der Waals surface area contributed by atoms with Crippen molar-refractivity contribution in [1.82, 2.24) is 0 Å². The van der Waals surface area contributed by atoms with E-state index in [1.165, 1.54) is 25.7 Å².